The smallest absolute Gasteiger partial charge is 0.270 e. The number of halogens is 2. The van der Waals surface area contributed by atoms with Crippen LogP contribution in [0.25, 0.3) is 33.2 Å². The van der Waals surface area contributed by atoms with Crippen molar-refractivity contribution in [2.75, 3.05) is 0 Å². The van der Waals surface area contributed by atoms with Crippen molar-refractivity contribution in [3.63, 3.8) is 0 Å². The molecular weight excluding hydrogens is 388 g/mol. The maximum absolute atomic E-state index is 15.0. The molecule has 0 unspecified atom stereocenters. The van der Waals surface area contributed by atoms with Crippen molar-refractivity contribution < 1.29 is 8.78 Å². The molecule has 0 bridgehead atoms. The van der Waals surface area contributed by atoms with E-state index >= 15 is 8.78 Å². The summed E-state index contributed by atoms with van der Waals surface area (Å²) in [4.78, 5) is 20.5. The summed E-state index contributed by atoms with van der Waals surface area (Å²) in [6, 6.07) is 11.4. The Bertz CT molecular complexity index is 1470. The van der Waals surface area contributed by atoms with E-state index in [0.29, 0.717) is 16.6 Å². The van der Waals surface area contributed by atoms with Crippen molar-refractivity contribution >= 4 is 22.1 Å². The van der Waals surface area contributed by atoms with Gasteiger partial charge in [0.15, 0.2) is 5.65 Å². The second-order valence-corrected chi connectivity index (χ2v) is 6.99. The van der Waals surface area contributed by atoms with Gasteiger partial charge < -0.3 is 0 Å². The maximum Gasteiger partial charge on any atom is 0.270 e. The number of benzene rings is 2. The molecule has 0 amide bonds. The topological polar surface area (TPSA) is 65.6 Å². The summed E-state index contributed by atoms with van der Waals surface area (Å²) < 4.78 is 32.9. The Hall–Kier alpha value is -3.94. The van der Waals surface area contributed by atoms with Crippen LogP contribution in [-0.2, 0) is 13.6 Å². The number of hydrogen-bond donors (Lipinski definition) is 0. The molecule has 0 aliphatic heterocycles. The Morgan fingerprint density at radius 2 is 1.77 bits per heavy atom. The molecule has 0 N–H and O–H groups in total. The van der Waals surface area contributed by atoms with Crippen molar-refractivity contribution in [2.45, 2.75) is 6.54 Å². The van der Waals surface area contributed by atoms with Gasteiger partial charge in [-0.25, -0.2) is 18.7 Å². The maximum atomic E-state index is 15.0. The first kappa shape index (κ1) is 18.1. The minimum atomic E-state index is -0.737. The van der Waals surface area contributed by atoms with E-state index in [9.17, 15) is 4.79 Å². The highest BCUT2D eigenvalue weighted by molar-refractivity contribution is 5.94. The van der Waals surface area contributed by atoms with Crippen LogP contribution in [0.3, 0.4) is 0 Å². The third kappa shape index (κ3) is 2.93. The minimum absolute atomic E-state index is 0.211. The first-order chi connectivity index (χ1) is 14.5. The summed E-state index contributed by atoms with van der Waals surface area (Å²) >= 11 is 0. The number of fused-ring (bicyclic) bond motifs is 2. The molecule has 3 heterocycles. The fourth-order valence-corrected chi connectivity index (χ4v) is 3.63. The number of aromatic nitrogens is 5. The molecule has 148 valence electrons. The number of nitrogens with zero attached hydrogens (tertiary/aromatic N) is 5. The first-order valence-corrected chi connectivity index (χ1v) is 9.22. The predicted molar refractivity (Wildman–Crippen MR) is 109 cm³/mol. The molecule has 8 heteroatoms. The largest absolute Gasteiger partial charge is 0.285 e. The van der Waals surface area contributed by atoms with Gasteiger partial charge in [0, 0.05) is 30.4 Å². The van der Waals surface area contributed by atoms with Crippen LogP contribution < -0.4 is 5.56 Å². The van der Waals surface area contributed by atoms with Crippen molar-refractivity contribution in [3.05, 3.63) is 88.6 Å². The van der Waals surface area contributed by atoms with Gasteiger partial charge in [-0.2, -0.15) is 5.10 Å². The quantitative estimate of drug-likeness (QED) is 0.461. The van der Waals surface area contributed by atoms with Gasteiger partial charge in [-0.3, -0.25) is 14.0 Å². The first-order valence-electron chi connectivity index (χ1n) is 9.22. The van der Waals surface area contributed by atoms with Gasteiger partial charge in [-0.05, 0) is 41.5 Å². The van der Waals surface area contributed by atoms with Crippen LogP contribution in [-0.4, -0.2) is 24.3 Å². The Kier molecular flexibility index (Phi) is 4.13. The number of pyridine rings is 1. The van der Waals surface area contributed by atoms with E-state index in [4.69, 9.17) is 0 Å². The standard InChI is InChI=1S/C22H15F2N5O/c1-28-11-15-14(4-2-5-19(15)27-28)13-8-17(23)16(18(24)9-13)12-29-21(30)10-26-20-6-3-7-25-22(20)29/h2-11H,12H2,1H3. The van der Waals surface area contributed by atoms with Gasteiger partial charge in [0.2, 0.25) is 0 Å². The lowest BCUT2D eigenvalue weighted by Gasteiger charge is -2.12. The van der Waals surface area contributed by atoms with Crippen LogP contribution in [0.5, 0.6) is 0 Å². The molecule has 0 aliphatic carbocycles. The van der Waals surface area contributed by atoms with Gasteiger partial charge >= 0.3 is 0 Å². The van der Waals surface area contributed by atoms with Crippen LogP contribution >= 0.6 is 0 Å². The van der Waals surface area contributed by atoms with Crippen molar-refractivity contribution in [3.8, 4) is 11.1 Å². The average Bonchev–Trinajstić information content (AvgIpc) is 3.12. The van der Waals surface area contributed by atoms with Crippen LogP contribution in [0, 0.1) is 11.6 Å². The minimum Gasteiger partial charge on any atom is -0.285 e. The van der Waals surface area contributed by atoms with E-state index in [-0.39, 0.29) is 17.8 Å². The van der Waals surface area contributed by atoms with E-state index < -0.39 is 17.2 Å². The molecule has 0 radical (unpaired) electrons. The zero-order valence-electron chi connectivity index (χ0n) is 15.9. The second-order valence-electron chi connectivity index (χ2n) is 6.99. The molecule has 0 saturated carbocycles. The monoisotopic (exact) mass is 403 g/mol. The normalized spacial score (nSPS) is 11.4. The average molecular weight is 403 g/mol. The summed E-state index contributed by atoms with van der Waals surface area (Å²) in [7, 11) is 1.79. The molecule has 5 aromatic rings. The fourth-order valence-electron chi connectivity index (χ4n) is 3.63. The number of rotatable bonds is 3. The van der Waals surface area contributed by atoms with Gasteiger partial charge in [0.25, 0.3) is 5.56 Å². The lowest BCUT2D eigenvalue weighted by molar-refractivity contribution is 0.544. The molecule has 0 saturated heterocycles. The van der Waals surface area contributed by atoms with E-state index in [1.54, 1.807) is 36.0 Å². The molecule has 0 spiro atoms. The van der Waals surface area contributed by atoms with E-state index in [1.807, 2.05) is 12.3 Å². The van der Waals surface area contributed by atoms with Crippen molar-refractivity contribution in [1.82, 2.24) is 24.3 Å². The number of aryl methyl sites for hydroxylation is 1. The van der Waals surface area contributed by atoms with Gasteiger partial charge in [0.05, 0.1) is 18.3 Å². The molecule has 0 fully saturated rings. The third-order valence-corrected chi connectivity index (χ3v) is 5.03. The van der Waals surface area contributed by atoms with E-state index in [2.05, 4.69) is 15.1 Å². The molecule has 3 aromatic heterocycles. The Balaban J connectivity index is 1.63. The molecule has 5 rings (SSSR count). The highest BCUT2D eigenvalue weighted by Gasteiger charge is 2.17. The van der Waals surface area contributed by atoms with Gasteiger partial charge in [-0.15, -0.1) is 0 Å². The SMILES string of the molecule is Cn1cc2c(-c3cc(F)c(Cn4c(=O)cnc5cccnc54)c(F)c3)cccc2n1. The van der Waals surface area contributed by atoms with Gasteiger partial charge in [0.1, 0.15) is 17.2 Å². The van der Waals surface area contributed by atoms with Crippen LogP contribution in [0.1, 0.15) is 5.56 Å². The summed E-state index contributed by atoms with van der Waals surface area (Å²) in [5.41, 5.74) is 1.86. The van der Waals surface area contributed by atoms with Crippen LogP contribution in [0.2, 0.25) is 0 Å². The Morgan fingerprint density at radius 1 is 1.00 bits per heavy atom. The van der Waals surface area contributed by atoms with Gasteiger partial charge in [-0.1, -0.05) is 12.1 Å². The molecular formula is C22H15F2N5O. The lowest BCUT2D eigenvalue weighted by atomic mass is 10.00. The summed E-state index contributed by atoms with van der Waals surface area (Å²) in [5, 5.41) is 5.13. The molecule has 30 heavy (non-hydrogen) atoms. The molecule has 6 nitrogen and oxygen atoms in total. The molecule has 2 aromatic carbocycles. The zero-order valence-corrected chi connectivity index (χ0v) is 15.9. The third-order valence-electron chi connectivity index (χ3n) is 5.03. The fraction of sp³-hybridized carbons (Fsp3) is 0.0909. The highest BCUT2D eigenvalue weighted by atomic mass is 19.1. The lowest BCUT2D eigenvalue weighted by Crippen LogP contribution is -2.23. The Labute approximate surface area is 169 Å². The summed E-state index contributed by atoms with van der Waals surface area (Å²) in [6.45, 7) is -0.288. The van der Waals surface area contributed by atoms with Crippen LogP contribution in [0.15, 0.2) is 65.8 Å². The summed E-state index contributed by atoms with van der Waals surface area (Å²) in [6.07, 6.45) is 4.43. The second kappa shape index (κ2) is 6.84. The summed E-state index contributed by atoms with van der Waals surface area (Å²) in [5.74, 6) is -1.47. The highest BCUT2D eigenvalue weighted by Crippen LogP contribution is 2.30. The van der Waals surface area contributed by atoms with E-state index in [1.165, 1.54) is 22.9 Å². The zero-order chi connectivity index (χ0) is 20.8. The molecule has 0 atom stereocenters. The molecule has 0 aliphatic rings. The van der Waals surface area contributed by atoms with Crippen LogP contribution in [0.4, 0.5) is 8.78 Å². The van der Waals surface area contributed by atoms with Crippen molar-refractivity contribution in [2.24, 2.45) is 7.05 Å². The number of hydrogen-bond acceptors (Lipinski definition) is 4. The van der Waals surface area contributed by atoms with E-state index in [0.717, 1.165) is 17.1 Å². The Morgan fingerprint density at radius 3 is 2.57 bits per heavy atom. The van der Waals surface area contributed by atoms with Crippen molar-refractivity contribution in [1.29, 1.82) is 0 Å². The predicted octanol–water partition coefficient (Wildman–Crippen LogP) is 3.67.